The molecule has 10 heteroatoms. The SMILES string of the molecule is C[C@H](C(=O)N1CCC[C@@H](CNC(=O)Nc2cccc(F)c2)C1)S(=O)(=O)c1ccc(F)cc1. The van der Waals surface area contributed by atoms with Crippen LogP contribution in [-0.2, 0) is 14.6 Å². The summed E-state index contributed by atoms with van der Waals surface area (Å²) in [6, 6.07) is 9.40. The molecule has 1 saturated heterocycles. The summed E-state index contributed by atoms with van der Waals surface area (Å²) in [4.78, 5) is 26.3. The molecule has 0 aromatic heterocycles. The van der Waals surface area contributed by atoms with E-state index >= 15 is 0 Å². The van der Waals surface area contributed by atoms with E-state index in [0.29, 0.717) is 25.2 Å². The molecular formula is C22H25F2N3O4S. The molecule has 1 fully saturated rings. The Bertz CT molecular complexity index is 1080. The van der Waals surface area contributed by atoms with Crippen LogP contribution in [0.15, 0.2) is 53.4 Å². The Morgan fingerprint density at radius 3 is 2.53 bits per heavy atom. The van der Waals surface area contributed by atoms with Crippen molar-refractivity contribution in [3.63, 3.8) is 0 Å². The number of hydrogen-bond acceptors (Lipinski definition) is 4. The van der Waals surface area contributed by atoms with Crippen molar-refractivity contribution in [1.82, 2.24) is 10.2 Å². The minimum atomic E-state index is -3.95. The van der Waals surface area contributed by atoms with Crippen LogP contribution in [0, 0.1) is 17.6 Å². The monoisotopic (exact) mass is 465 g/mol. The molecule has 2 aromatic rings. The second kappa shape index (κ2) is 10.1. The van der Waals surface area contributed by atoms with Crippen molar-refractivity contribution in [2.75, 3.05) is 25.0 Å². The molecule has 2 atom stereocenters. The summed E-state index contributed by atoms with van der Waals surface area (Å²) in [5, 5.41) is 3.94. The standard InChI is InChI=1S/C22H25F2N3O4S/c1-15(32(30,31)20-9-7-17(23)8-10-20)21(28)27-11-3-4-16(14-27)13-25-22(29)26-19-6-2-5-18(24)12-19/h2,5-10,12,15-16H,3-4,11,13-14H2,1H3,(H2,25,26,29)/t15-,16+/m1/s1. The molecule has 0 saturated carbocycles. The van der Waals surface area contributed by atoms with E-state index < -0.39 is 38.7 Å². The number of urea groups is 1. The van der Waals surface area contributed by atoms with Gasteiger partial charge in [0.15, 0.2) is 9.84 Å². The Labute approximate surface area is 185 Å². The van der Waals surface area contributed by atoms with Crippen LogP contribution in [0.25, 0.3) is 0 Å². The van der Waals surface area contributed by atoms with Crippen LogP contribution >= 0.6 is 0 Å². The van der Waals surface area contributed by atoms with Crippen LogP contribution < -0.4 is 10.6 Å². The lowest BCUT2D eigenvalue weighted by Crippen LogP contribution is -2.48. The lowest BCUT2D eigenvalue weighted by atomic mass is 9.98. The molecule has 1 aliphatic rings. The van der Waals surface area contributed by atoms with Gasteiger partial charge in [0.05, 0.1) is 4.90 Å². The number of amides is 3. The van der Waals surface area contributed by atoms with Gasteiger partial charge in [-0.25, -0.2) is 22.0 Å². The van der Waals surface area contributed by atoms with Crippen LogP contribution in [0.3, 0.4) is 0 Å². The fraction of sp³-hybridized carbons (Fsp3) is 0.364. The van der Waals surface area contributed by atoms with E-state index in [2.05, 4.69) is 10.6 Å². The Morgan fingerprint density at radius 2 is 1.84 bits per heavy atom. The molecule has 0 aliphatic carbocycles. The predicted octanol–water partition coefficient (Wildman–Crippen LogP) is 3.19. The van der Waals surface area contributed by atoms with Gasteiger partial charge in [0.1, 0.15) is 16.9 Å². The van der Waals surface area contributed by atoms with E-state index in [9.17, 15) is 26.8 Å². The zero-order valence-electron chi connectivity index (χ0n) is 17.6. The molecular weight excluding hydrogens is 440 g/mol. The lowest BCUT2D eigenvalue weighted by molar-refractivity contribution is -0.132. The van der Waals surface area contributed by atoms with E-state index in [-0.39, 0.29) is 17.4 Å². The van der Waals surface area contributed by atoms with Gasteiger partial charge in [0.25, 0.3) is 0 Å². The van der Waals surface area contributed by atoms with Crippen molar-refractivity contribution in [2.24, 2.45) is 5.92 Å². The second-order valence-electron chi connectivity index (χ2n) is 7.78. The molecule has 3 amide bonds. The summed E-state index contributed by atoms with van der Waals surface area (Å²) in [6.07, 6.45) is 1.44. The van der Waals surface area contributed by atoms with Crippen LogP contribution in [0.4, 0.5) is 19.3 Å². The zero-order chi connectivity index (χ0) is 23.3. The number of nitrogens with zero attached hydrogens (tertiary/aromatic N) is 1. The molecule has 0 bridgehead atoms. The summed E-state index contributed by atoms with van der Waals surface area (Å²) in [5.41, 5.74) is 0.322. The lowest BCUT2D eigenvalue weighted by Gasteiger charge is -2.34. The topological polar surface area (TPSA) is 95.6 Å². The maximum atomic E-state index is 13.2. The summed E-state index contributed by atoms with van der Waals surface area (Å²) in [7, 11) is -3.95. The van der Waals surface area contributed by atoms with E-state index in [0.717, 1.165) is 30.7 Å². The first-order chi connectivity index (χ1) is 15.2. The fourth-order valence-corrected chi connectivity index (χ4v) is 4.97. The van der Waals surface area contributed by atoms with Crippen molar-refractivity contribution < 1.29 is 26.8 Å². The number of hydrogen-bond donors (Lipinski definition) is 2. The van der Waals surface area contributed by atoms with Crippen LogP contribution in [0.5, 0.6) is 0 Å². The minimum absolute atomic E-state index is 0.0494. The van der Waals surface area contributed by atoms with Gasteiger partial charge in [0, 0.05) is 25.3 Å². The third-order valence-corrected chi connectivity index (χ3v) is 7.48. The number of rotatable bonds is 6. The first-order valence-electron chi connectivity index (χ1n) is 10.3. The molecule has 0 spiro atoms. The fourth-order valence-electron chi connectivity index (χ4n) is 3.63. The van der Waals surface area contributed by atoms with Gasteiger partial charge >= 0.3 is 6.03 Å². The Balaban J connectivity index is 1.56. The summed E-state index contributed by atoms with van der Waals surface area (Å²) >= 11 is 0. The average molecular weight is 466 g/mol. The molecule has 2 aromatic carbocycles. The third-order valence-electron chi connectivity index (χ3n) is 5.42. The molecule has 172 valence electrons. The largest absolute Gasteiger partial charge is 0.341 e. The maximum absolute atomic E-state index is 13.2. The predicted molar refractivity (Wildman–Crippen MR) is 116 cm³/mol. The van der Waals surface area contributed by atoms with Crippen molar-refractivity contribution >= 4 is 27.5 Å². The van der Waals surface area contributed by atoms with Gasteiger partial charge in [-0.3, -0.25) is 4.79 Å². The zero-order valence-corrected chi connectivity index (χ0v) is 18.4. The Hall–Kier alpha value is -3.01. The highest BCUT2D eigenvalue weighted by Crippen LogP contribution is 2.22. The van der Waals surface area contributed by atoms with Crippen molar-refractivity contribution in [3.8, 4) is 0 Å². The normalized spacial score (nSPS) is 17.5. The van der Waals surface area contributed by atoms with Crippen LogP contribution in [0.2, 0.25) is 0 Å². The number of likely N-dealkylation sites (tertiary alicyclic amines) is 1. The Morgan fingerprint density at radius 1 is 1.12 bits per heavy atom. The average Bonchev–Trinajstić information content (AvgIpc) is 2.77. The van der Waals surface area contributed by atoms with Gasteiger partial charge in [0.2, 0.25) is 5.91 Å². The van der Waals surface area contributed by atoms with Gasteiger partial charge in [-0.2, -0.15) is 0 Å². The Kier molecular flexibility index (Phi) is 7.44. The number of carbonyl (C=O) groups excluding carboxylic acids is 2. The summed E-state index contributed by atoms with van der Waals surface area (Å²) < 4.78 is 51.9. The molecule has 7 nitrogen and oxygen atoms in total. The number of piperidine rings is 1. The smallest absolute Gasteiger partial charge is 0.319 e. The number of benzene rings is 2. The van der Waals surface area contributed by atoms with Crippen molar-refractivity contribution in [2.45, 2.75) is 29.9 Å². The highest BCUT2D eigenvalue weighted by Gasteiger charge is 2.35. The number of sulfone groups is 1. The first-order valence-corrected chi connectivity index (χ1v) is 11.8. The molecule has 0 unspecified atom stereocenters. The first kappa shape index (κ1) is 23.6. The van der Waals surface area contributed by atoms with Gasteiger partial charge in [-0.1, -0.05) is 6.07 Å². The van der Waals surface area contributed by atoms with Crippen molar-refractivity contribution in [1.29, 1.82) is 0 Å². The number of nitrogens with one attached hydrogen (secondary N) is 2. The van der Waals surface area contributed by atoms with E-state index in [1.54, 1.807) is 6.07 Å². The number of anilines is 1. The molecule has 3 rings (SSSR count). The van der Waals surface area contributed by atoms with Gasteiger partial charge < -0.3 is 15.5 Å². The minimum Gasteiger partial charge on any atom is -0.341 e. The molecule has 32 heavy (non-hydrogen) atoms. The van der Waals surface area contributed by atoms with Gasteiger partial charge in [-0.15, -0.1) is 0 Å². The number of halogens is 2. The number of carbonyl (C=O) groups is 2. The molecule has 0 radical (unpaired) electrons. The maximum Gasteiger partial charge on any atom is 0.319 e. The van der Waals surface area contributed by atoms with E-state index in [1.807, 2.05) is 0 Å². The van der Waals surface area contributed by atoms with E-state index in [1.165, 1.54) is 30.0 Å². The highest BCUT2D eigenvalue weighted by molar-refractivity contribution is 7.92. The van der Waals surface area contributed by atoms with Crippen molar-refractivity contribution in [3.05, 3.63) is 60.2 Å². The molecule has 1 aliphatic heterocycles. The molecule has 2 N–H and O–H groups in total. The molecule has 1 heterocycles. The van der Waals surface area contributed by atoms with E-state index in [4.69, 9.17) is 0 Å². The summed E-state index contributed by atoms with van der Waals surface area (Å²) in [6.45, 7) is 2.34. The summed E-state index contributed by atoms with van der Waals surface area (Å²) in [5.74, 6) is -1.60. The third kappa shape index (κ3) is 5.82. The van der Waals surface area contributed by atoms with Gasteiger partial charge in [-0.05, 0) is 68.1 Å². The highest BCUT2D eigenvalue weighted by atomic mass is 32.2. The van der Waals surface area contributed by atoms with Crippen LogP contribution in [0.1, 0.15) is 19.8 Å². The van der Waals surface area contributed by atoms with Crippen LogP contribution in [-0.4, -0.2) is 50.1 Å². The quantitative estimate of drug-likeness (QED) is 0.641. The second-order valence-corrected chi connectivity index (χ2v) is 10.0.